The van der Waals surface area contributed by atoms with Crippen LogP contribution >= 0.6 is 0 Å². The Bertz CT molecular complexity index is 183. The second-order valence-electron chi connectivity index (χ2n) is 4.50. The molecule has 1 aliphatic heterocycles. The van der Waals surface area contributed by atoms with Gasteiger partial charge in [0.2, 0.25) is 5.91 Å². The molecule has 1 atom stereocenters. The minimum atomic E-state index is -0.151. The predicted molar refractivity (Wildman–Crippen MR) is 48.6 cm³/mol. The Morgan fingerprint density at radius 1 is 1.50 bits per heavy atom. The van der Waals surface area contributed by atoms with E-state index in [1.165, 1.54) is 0 Å². The summed E-state index contributed by atoms with van der Waals surface area (Å²) in [6.45, 7) is 8.32. The van der Waals surface area contributed by atoms with Gasteiger partial charge in [-0.05, 0) is 33.7 Å². The van der Waals surface area contributed by atoms with Gasteiger partial charge in [-0.3, -0.25) is 9.69 Å². The second-order valence-corrected chi connectivity index (χ2v) is 4.50. The Morgan fingerprint density at radius 2 is 2.08 bits per heavy atom. The van der Waals surface area contributed by atoms with E-state index in [4.69, 9.17) is 5.73 Å². The molecule has 0 bridgehead atoms. The summed E-state index contributed by atoms with van der Waals surface area (Å²) in [5, 5.41) is 0. The Kier molecular flexibility index (Phi) is 2.42. The van der Waals surface area contributed by atoms with E-state index < -0.39 is 0 Å². The van der Waals surface area contributed by atoms with Crippen LogP contribution in [0.25, 0.3) is 0 Å². The maximum Gasteiger partial charge on any atom is 0.221 e. The zero-order valence-corrected chi connectivity index (χ0v) is 8.13. The predicted octanol–water partition coefficient (Wildman–Crippen LogP) is 0.592. The summed E-state index contributed by atoms with van der Waals surface area (Å²) in [6, 6.07) is 0. The van der Waals surface area contributed by atoms with Gasteiger partial charge >= 0.3 is 0 Å². The highest BCUT2D eigenvalue weighted by molar-refractivity contribution is 5.77. The Morgan fingerprint density at radius 3 is 2.33 bits per heavy atom. The van der Waals surface area contributed by atoms with E-state index in [0.29, 0.717) is 0 Å². The normalized spacial score (nSPS) is 26.1. The molecule has 0 radical (unpaired) electrons. The van der Waals surface area contributed by atoms with Gasteiger partial charge in [0.05, 0.1) is 5.92 Å². The molecule has 12 heavy (non-hydrogen) atoms. The van der Waals surface area contributed by atoms with Crippen molar-refractivity contribution >= 4 is 5.91 Å². The van der Waals surface area contributed by atoms with Crippen LogP contribution in [0.2, 0.25) is 0 Å². The van der Waals surface area contributed by atoms with Crippen molar-refractivity contribution in [1.82, 2.24) is 4.90 Å². The summed E-state index contributed by atoms with van der Waals surface area (Å²) in [7, 11) is 0. The van der Waals surface area contributed by atoms with Gasteiger partial charge in [0, 0.05) is 12.1 Å². The minimum Gasteiger partial charge on any atom is -0.369 e. The summed E-state index contributed by atoms with van der Waals surface area (Å²) in [4.78, 5) is 13.2. The van der Waals surface area contributed by atoms with E-state index in [1.54, 1.807) is 0 Å². The smallest absolute Gasteiger partial charge is 0.221 e. The van der Waals surface area contributed by atoms with Crippen LogP contribution < -0.4 is 5.73 Å². The Balaban J connectivity index is 2.51. The van der Waals surface area contributed by atoms with Gasteiger partial charge in [-0.15, -0.1) is 0 Å². The lowest BCUT2D eigenvalue weighted by atomic mass is 10.1. The molecule has 70 valence electrons. The van der Waals surface area contributed by atoms with Gasteiger partial charge < -0.3 is 5.73 Å². The molecule has 0 saturated carbocycles. The lowest BCUT2D eigenvalue weighted by molar-refractivity contribution is -0.121. The first kappa shape index (κ1) is 9.52. The second kappa shape index (κ2) is 3.05. The van der Waals surface area contributed by atoms with E-state index >= 15 is 0 Å². The molecular weight excluding hydrogens is 152 g/mol. The van der Waals surface area contributed by atoms with E-state index in [1.807, 2.05) is 0 Å². The Hall–Kier alpha value is -0.570. The number of amides is 1. The molecule has 3 nitrogen and oxygen atoms in total. The van der Waals surface area contributed by atoms with Crippen LogP contribution in [0.15, 0.2) is 0 Å². The quantitative estimate of drug-likeness (QED) is 0.626. The van der Waals surface area contributed by atoms with Crippen LogP contribution in [-0.4, -0.2) is 29.4 Å². The van der Waals surface area contributed by atoms with Crippen LogP contribution in [-0.2, 0) is 4.79 Å². The van der Waals surface area contributed by atoms with Crippen molar-refractivity contribution in [2.75, 3.05) is 13.1 Å². The average Bonchev–Trinajstić information content (AvgIpc) is 2.30. The number of rotatable bonds is 1. The van der Waals surface area contributed by atoms with Gasteiger partial charge in [-0.2, -0.15) is 0 Å². The highest BCUT2D eigenvalue weighted by Crippen LogP contribution is 2.23. The highest BCUT2D eigenvalue weighted by Gasteiger charge is 2.32. The number of carbonyl (C=O) groups is 1. The van der Waals surface area contributed by atoms with Crippen molar-refractivity contribution in [2.45, 2.75) is 32.7 Å². The summed E-state index contributed by atoms with van der Waals surface area (Å²) in [6.07, 6.45) is 0.923. The van der Waals surface area contributed by atoms with Crippen LogP contribution in [0.4, 0.5) is 0 Å². The van der Waals surface area contributed by atoms with Gasteiger partial charge in [0.15, 0.2) is 0 Å². The maximum atomic E-state index is 10.9. The van der Waals surface area contributed by atoms with Gasteiger partial charge in [-0.25, -0.2) is 0 Å². The molecule has 0 spiro atoms. The number of primary amides is 1. The molecule has 1 rings (SSSR count). The molecule has 1 aliphatic rings. The van der Waals surface area contributed by atoms with Crippen molar-refractivity contribution in [3.63, 3.8) is 0 Å². The van der Waals surface area contributed by atoms with Crippen molar-refractivity contribution < 1.29 is 4.79 Å². The molecule has 2 N–H and O–H groups in total. The third kappa shape index (κ3) is 1.97. The van der Waals surface area contributed by atoms with E-state index in [2.05, 4.69) is 25.7 Å². The van der Waals surface area contributed by atoms with Crippen molar-refractivity contribution in [3.05, 3.63) is 0 Å². The van der Waals surface area contributed by atoms with Crippen LogP contribution in [0, 0.1) is 5.92 Å². The van der Waals surface area contributed by atoms with E-state index in [9.17, 15) is 4.79 Å². The Labute approximate surface area is 73.9 Å². The van der Waals surface area contributed by atoms with Crippen LogP contribution in [0.1, 0.15) is 27.2 Å². The topological polar surface area (TPSA) is 46.3 Å². The molecule has 1 amide bonds. The summed E-state index contributed by atoms with van der Waals surface area (Å²) < 4.78 is 0. The standard InChI is InChI=1S/C9H18N2O/c1-9(2,3)11-5-4-7(6-11)8(10)12/h7H,4-6H2,1-3H3,(H2,10,12)/t7-/m0/s1. The largest absolute Gasteiger partial charge is 0.369 e. The maximum absolute atomic E-state index is 10.9. The molecule has 1 saturated heterocycles. The third-order valence-electron chi connectivity index (χ3n) is 2.54. The number of likely N-dealkylation sites (tertiary alicyclic amines) is 1. The molecule has 3 heteroatoms. The first-order chi connectivity index (χ1) is 5.41. The number of nitrogens with zero attached hydrogens (tertiary/aromatic N) is 1. The molecule has 0 aliphatic carbocycles. The monoisotopic (exact) mass is 170 g/mol. The van der Waals surface area contributed by atoms with Crippen molar-refractivity contribution in [3.8, 4) is 0 Å². The van der Waals surface area contributed by atoms with Gasteiger partial charge in [0.25, 0.3) is 0 Å². The minimum absolute atomic E-state index is 0.0734. The van der Waals surface area contributed by atoms with Crippen LogP contribution in [0.3, 0.4) is 0 Å². The molecular formula is C9H18N2O. The fourth-order valence-electron chi connectivity index (χ4n) is 1.60. The number of hydrogen-bond donors (Lipinski definition) is 1. The van der Waals surface area contributed by atoms with Gasteiger partial charge in [0.1, 0.15) is 0 Å². The number of nitrogens with two attached hydrogens (primary N) is 1. The summed E-state index contributed by atoms with van der Waals surface area (Å²) in [5.41, 5.74) is 5.41. The zero-order valence-electron chi connectivity index (χ0n) is 8.13. The lowest BCUT2D eigenvalue weighted by Crippen LogP contribution is -2.40. The average molecular weight is 170 g/mol. The fraction of sp³-hybridized carbons (Fsp3) is 0.889. The molecule has 0 aromatic carbocycles. The first-order valence-corrected chi connectivity index (χ1v) is 4.45. The summed E-state index contributed by atoms with van der Waals surface area (Å²) in [5.74, 6) is -0.0778. The van der Waals surface area contributed by atoms with E-state index in [0.717, 1.165) is 19.5 Å². The third-order valence-corrected chi connectivity index (χ3v) is 2.54. The molecule has 0 aromatic heterocycles. The highest BCUT2D eigenvalue weighted by atomic mass is 16.1. The van der Waals surface area contributed by atoms with E-state index in [-0.39, 0.29) is 17.4 Å². The molecule has 1 heterocycles. The molecule has 0 unspecified atom stereocenters. The molecule has 1 fully saturated rings. The summed E-state index contributed by atoms with van der Waals surface area (Å²) >= 11 is 0. The van der Waals surface area contributed by atoms with Gasteiger partial charge in [-0.1, -0.05) is 0 Å². The van der Waals surface area contributed by atoms with Crippen molar-refractivity contribution in [2.24, 2.45) is 11.7 Å². The lowest BCUT2D eigenvalue weighted by Gasteiger charge is -2.31. The molecule has 0 aromatic rings. The zero-order chi connectivity index (χ0) is 9.35. The van der Waals surface area contributed by atoms with Crippen molar-refractivity contribution in [1.29, 1.82) is 0 Å². The number of hydrogen-bond acceptors (Lipinski definition) is 2. The fourth-order valence-corrected chi connectivity index (χ4v) is 1.60. The first-order valence-electron chi connectivity index (χ1n) is 4.45. The SMILES string of the molecule is CC(C)(C)N1CC[C@H](C(N)=O)C1. The number of carbonyl (C=O) groups excluding carboxylic acids is 1. The van der Waals surface area contributed by atoms with Crippen LogP contribution in [0.5, 0.6) is 0 Å².